The summed E-state index contributed by atoms with van der Waals surface area (Å²) in [5.41, 5.74) is 1.09. The molecule has 0 aromatic carbocycles. The summed E-state index contributed by atoms with van der Waals surface area (Å²) in [5.74, 6) is -0.0735. The molecule has 0 fully saturated rings. The van der Waals surface area contributed by atoms with Gasteiger partial charge in [-0.15, -0.1) is 0 Å². The van der Waals surface area contributed by atoms with Gasteiger partial charge in [0.05, 0.1) is 11.0 Å². The van der Waals surface area contributed by atoms with Crippen molar-refractivity contribution in [2.45, 2.75) is 0 Å². The van der Waals surface area contributed by atoms with Crippen molar-refractivity contribution < 1.29 is 34.7 Å². The fourth-order valence-electron chi connectivity index (χ4n) is 0.955. The van der Waals surface area contributed by atoms with Crippen molar-refractivity contribution in [3.8, 4) is 5.75 Å². The number of pyridine rings is 2. The molecule has 0 aliphatic rings. The summed E-state index contributed by atoms with van der Waals surface area (Å²) >= 11 is 0. The molecule has 0 atom stereocenters. The van der Waals surface area contributed by atoms with E-state index in [0.717, 1.165) is 0 Å². The maximum Gasteiger partial charge on any atom is 1.00 e. The van der Waals surface area contributed by atoms with Crippen LogP contribution >= 0.6 is 0 Å². The van der Waals surface area contributed by atoms with Crippen LogP contribution in [-0.4, -0.2) is 9.97 Å². The first-order chi connectivity index (χ1) is 5.38. The summed E-state index contributed by atoms with van der Waals surface area (Å²) in [6.45, 7) is 0. The van der Waals surface area contributed by atoms with Gasteiger partial charge in [-0.1, -0.05) is 5.75 Å². The second kappa shape index (κ2) is 3.85. The zero-order valence-electron chi connectivity index (χ0n) is 6.69. The Balaban J connectivity index is 0.000000720. The van der Waals surface area contributed by atoms with Crippen molar-refractivity contribution in [1.29, 1.82) is 0 Å². The average Bonchev–Trinajstić information content (AvgIpc) is 2.06. The number of nitrogens with zero attached hydrogens (tertiary/aromatic N) is 2. The molecule has 2 rings (SSSR count). The Labute approximate surface area is 91.8 Å². The molecule has 2 aromatic heterocycles. The minimum absolute atomic E-state index is 0. The molecule has 2 aromatic rings. The molecular formula is C8H5N2NaO. The van der Waals surface area contributed by atoms with Crippen LogP contribution in [0, 0.1) is 0 Å². The van der Waals surface area contributed by atoms with Gasteiger partial charge in [-0.2, -0.15) is 0 Å². The quantitative estimate of drug-likeness (QED) is 0.416. The van der Waals surface area contributed by atoms with Crippen molar-refractivity contribution in [1.82, 2.24) is 9.97 Å². The monoisotopic (exact) mass is 168 g/mol. The molecule has 0 amide bonds. The molecule has 54 valence electrons. The van der Waals surface area contributed by atoms with E-state index in [1.165, 1.54) is 12.3 Å². The van der Waals surface area contributed by atoms with Crippen LogP contribution in [0.3, 0.4) is 0 Å². The molecule has 0 unspecified atom stereocenters. The van der Waals surface area contributed by atoms with Gasteiger partial charge in [-0.3, -0.25) is 9.97 Å². The first-order valence-electron chi connectivity index (χ1n) is 3.25. The van der Waals surface area contributed by atoms with Crippen LogP contribution in [0.1, 0.15) is 0 Å². The molecule has 0 spiro atoms. The molecule has 0 radical (unpaired) electrons. The van der Waals surface area contributed by atoms with E-state index in [1.54, 1.807) is 18.3 Å². The van der Waals surface area contributed by atoms with Crippen LogP contribution in [0.4, 0.5) is 0 Å². The SMILES string of the molecule is [Na+].[O-]c1ccnc2cccnc12. The molecule has 12 heavy (non-hydrogen) atoms. The molecule has 0 saturated heterocycles. The Bertz CT molecular complexity index is 386. The van der Waals surface area contributed by atoms with Gasteiger partial charge in [0.1, 0.15) is 0 Å². The summed E-state index contributed by atoms with van der Waals surface area (Å²) in [6, 6.07) is 4.94. The van der Waals surface area contributed by atoms with Gasteiger partial charge in [0.15, 0.2) is 0 Å². The smallest absolute Gasteiger partial charge is 0.871 e. The zero-order chi connectivity index (χ0) is 7.68. The van der Waals surface area contributed by atoms with Crippen LogP contribution in [0.2, 0.25) is 0 Å². The van der Waals surface area contributed by atoms with Gasteiger partial charge in [0, 0.05) is 12.4 Å². The van der Waals surface area contributed by atoms with Crippen LogP contribution in [0.5, 0.6) is 5.75 Å². The summed E-state index contributed by atoms with van der Waals surface area (Å²) < 4.78 is 0. The molecular weight excluding hydrogens is 163 g/mol. The molecule has 0 bridgehead atoms. The second-order valence-corrected chi connectivity index (χ2v) is 2.18. The van der Waals surface area contributed by atoms with Crippen molar-refractivity contribution in [3.63, 3.8) is 0 Å². The Morgan fingerprint density at radius 3 is 2.67 bits per heavy atom. The Kier molecular flexibility index (Phi) is 3.03. The van der Waals surface area contributed by atoms with E-state index in [4.69, 9.17) is 0 Å². The fourth-order valence-corrected chi connectivity index (χ4v) is 0.955. The third-order valence-electron chi connectivity index (χ3n) is 1.46. The van der Waals surface area contributed by atoms with E-state index in [9.17, 15) is 5.11 Å². The third kappa shape index (κ3) is 1.58. The van der Waals surface area contributed by atoms with E-state index >= 15 is 0 Å². The third-order valence-corrected chi connectivity index (χ3v) is 1.46. The van der Waals surface area contributed by atoms with Gasteiger partial charge in [-0.05, 0) is 18.2 Å². The topological polar surface area (TPSA) is 48.8 Å². The van der Waals surface area contributed by atoms with Crippen LogP contribution in [0.15, 0.2) is 30.6 Å². The maximum absolute atomic E-state index is 11.1. The average molecular weight is 168 g/mol. The standard InChI is InChI=1S/C8H6N2O.Na/c11-7-3-5-9-6-2-1-4-10-8(6)7;/h1-5H,(H,9,11);/q;+1/p-1. The minimum Gasteiger partial charge on any atom is -0.871 e. The molecule has 0 saturated carbocycles. The van der Waals surface area contributed by atoms with Crippen molar-refractivity contribution in [2.75, 3.05) is 0 Å². The molecule has 0 aliphatic heterocycles. The predicted octanol–water partition coefficient (Wildman–Crippen LogP) is -2.29. The second-order valence-electron chi connectivity index (χ2n) is 2.18. The van der Waals surface area contributed by atoms with Gasteiger partial charge in [0.25, 0.3) is 0 Å². The number of hydrogen-bond donors (Lipinski definition) is 0. The van der Waals surface area contributed by atoms with Crippen molar-refractivity contribution >= 4 is 11.0 Å². The van der Waals surface area contributed by atoms with E-state index in [2.05, 4.69) is 9.97 Å². The van der Waals surface area contributed by atoms with Crippen LogP contribution in [-0.2, 0) is 0 Å². The molecule has 0 aliphatic carbocycles. The molecule has 0 N–H and O–H groups in total. The normalized spacial score (nSPS) is 9.33. The largest absolute Gasteiger partial charge is 1.00 e. The van der Waals surface area contributed by atoms with E-state index < -0.39 is 0 Å². The van der Waals surface area contributed by atoms with E-state index in [0.29, 0.717) is 11.0 Å². The Hall–Kier alpha value is -0.640. The minimum atomic E-state index is -0.0735. The molecule has 2 heterocycles. The van der Waals surface area contributed by atoms with Gasteiger partial charge in [0.2, 0.25) is 0 Å². The number of rotatable bonds is 0. The Morgan fingerprint density at radius 2 is 1.92 bits per heavy atom. The zero-order valence-corrected chi connectivity index (χ0v) is 8.69. The summed E-state index contributed by atoms with van der Waals surface area (Å²) in [6.07, 6.45) is 3.08. The Morgan fingerprint density at radius 1 is 1.08 bits per heavy atom. The van der Waals surface area contributed by atoms with Gasteiger partial charge < -0.3 is 5.11 Å². The number of fused-ring (bicyclic) bond motifs is 1. The summed E-state index contributed by atoms with van der Waals surface area (Å²) in [5, 5.41) is 11.1. The maximum atomic E-state index is 11.1. The molecule has 3 nitrogen and oxygen atoms in total. The first-order valence-corrected chi connectivity index (χ1v) is 3.25. The predicted molar refractivity (Wildman–Crippen MR) is 39.0 cm³/mol. The number of aromatic nitrogens is 2. The van der Waals surface area contributed by atoms with Gasteiger partial charge in [-0.25, -0.2) is 0 Å². The van der Waals surface area contributed by atoms with Gasteiger partial charge >= 0.3 is 29.6 Å². The fraction of sp³-hybridized carbons (Fsp3) is 0. The summed E-state index contributed by atoms with van der Waals surface area (Å²) in [4.78, 5) is 7.89. The number of hydrogen-bond acceptors (Lipinski definition) is 3. The van der Waals surface area contributed by atoms with E-state index in [-0.39, 0.29) is 35.3 Å². The summed E-state index contributed by atoms with van der Waals surface area (Å²) in [7, 11) is 0. The van der Waals surface area contributed by atoms with Crippen LogP contribution in [0.25, 0.3) is 11.0 Å². The van der Waals surface area contributed by atoms with Crippen molar-refractivity contribution in [2.24, 2.45) is 0 Å². The first kappa shape index (κ1) is 9.45. The molecule has 4 heteroatoms. The van der Waals surface area contributed by atoms with E-state index in [1.807, 2.05) is 0 Å². The van der Waals surface area contributed by atoms with Crippen molar-refractivity contribution in [3.05, 3.63) is 30.6 Å². The van der Waals surface area contributed by atoms with Crippen LogP contribution < -0.4 is 34.7 Å².